The molecule has 0 saturated heterocycles. The minimum atomic E-state index is -0.363. The topological polar surface area (TPSA) is 78.2 Å². The van der Waals surface area contributed by atoms with Gasteiger partial charge in [-0.2, -0.15) is 0 Å². The number of aromatic amines is 2. The first kappa shape index (κ1) is 8.86. The highest BCUT2D eigenvalue weighted by Gasteiger charge is 2.23. The maximum absolute atomic E-state index is 11.2. The highest BCUT2D eigenvalue weighted by atomic mass is 16.5. The van der Waals surface area contributed by atoms with Crippen LogP contribution in [-0.4, -0.2) is 34.8 Å². The van der Waals surface area contributed by atoms with Crippen molar-refractivity contribution in [3.63, 3.8) is 0 Å². The van der Waals surface area contributed by atoms with Gasteiger partial charge in [0.15, 0.2) is 0 Å². The van der Waals surface area contributed by atoms with Crippen LogP contribution in [0.25, 0.3) is 0 Å². The molecule has 0 aromatic carbocycles. The quantitative estimate of drug-likeness (QED) is 0.606. The predicted molar refractivity (Wildman–Crippen MR) is 47.9 cm³/mol. The Morgan fingerprint density at radius 2 is 2.29 bits per heavy atom. The smallest absolute Gasteiger partial charge is 0.409 e. The summed E-state index contributed by atoms with van der Waals surface area (Å²) in [4.78, 5) is 23.9. The van der Waals surface area contributed by atoms with E-state index in [1.54, 1.807) is 4.90 Å². The first-order chi connectivity index (χ1) is 6.72. The maximum atomic E-state index is 11.2. The van der Waals surface area contributed by atoms with Crippen LogP contribution in [0.1, 0.15) is 11.3 Å². The number of hydrogen-bond donors (Lipinski definition) is 2. The van der Waals surface area contributed by atoms with E-state index in [-0.39, 0.29) is 11.7 Å². The van der Waals surface area contributed by atoms with Crippen molar-refractivity contribution in [2.75, 3.05) is 13.7 Å². The van der Waals surface area contributed by atoms with Crippen molar-refractivity contribution in [2.45, 2.75) is 13.0 Å². The second kappa shape index (κ2) is 3.21. The Balaban J connectivity index is 2.22. The molecule has 1 aliphatic heterocycles. The van der Waals surface area contributed by atoms with Crippen molar-refractivity contribution in [1.82, 2.24) is 15.1 Å². The average molecular weight is 197 g/mol. The van der Waals surface area contributed by atoms with E-state index in [0.29, 0.717) is 19.5 Å². The van der Waals surface area contributed by atoms with Crippen molar-refractivity contribution in [1.29, 1.82) is 0 Å². The summed E-state index contributed by atoms with van der Waals surface area (Å²) in [5.41, 5.74) is 1.42. The van der Waals surface area contributed by atoms with Gasteiger partial charge in [-0.3, -0.25) is 9.89 Å². The van der Waals surface area contributed by atoms with Crippen LogP contribution in [0.5, 0.6) is 0 Å². The SMILES string of the molecule is COC(=O)N1CCc2c([nH][nH]c2=O)C1. The van der Waals surface area contributed by atoms with Gasteiger partial charge in [-0.05, 0) is 6.42 Å². The Morgan fingerprint density at radius 1 is 1.50 bits per heavy atom. The molecule has 1 amide bonds. The maximum Gasteiger partial charge on any atom is 0.409 e. The molecule has 0 spiro atoms. The summed E-state index contributed by atoms with van der Waals surface area (Å²) in [6.45, 7) is 0.932. The van der Waals surface area contributed by atoms with E-state index in [9.17, 15) is 9.59 Å². The summed E-state index contributed by atoms with van der Waals surface area (Å²) >= 11 is 0. The minimum absolute atomic E-state index is 0.0930. The summed E-state index contributed by atoms with van der Waals surface area (Å²) in [5.74, 6) is 0. The molecule has 14 heavy (non-hydrogen) atoms. The lowest BCUT2D eigenvalue weighted by Crippen LogP contribution is -2.36. The number of amides is 1. The number of aromatic nitrogens is 2. The molecule has 1 aliphatic rings. The van der Waals surface area contributed by atoms with Gasteiger partial charge in [-0.15, -0.1) is 0 Å². The van der Waals surface area contributed by atoms with Crippen molar-refractivity contribution in [3.8, 4) is 0 Å². The Hall–Kier alpha value is -1.72. The zero-order chi connectivity index (χ0) is 10.1. The number of methoxy groups -OCH3 is 1. The third-order valence-corrected chi connectivity index (χ3v) is 2.38. The van der Waals surface area contributed by atoms with Crippen LogP contribution in [0.15, 0.2) is 4.79 Å². The molecule has 6 heteroatoms. The number of nitrogens with zero attached hydrogens (tertiary/aromatic N) is 1. The fourth-order valence-corrected chi connectivity index (χ4v) is 1.62. The number of hydrogen-bond acceptors (Lipinski definition) is 3. The summed E-state index contributed by atoms with van der Waals surface area (Å²) in [7, 11) is 1.34. The molecule has 1 aromatic rings. The van der Waals surface area contributed by atoms with Crippen LogP contribution in [-0.2, 0) is 17.7 Å². The molecule has 0 saturated carbocycles. The van der Waals surface area contributed by atoms with Gasteiger partial charge < -0.3 is 14.7 Å². The van der Waals surface area contributed by atoms with E-state index in [0.717, 1.165) is 11.3 Å². The monoisotopic (exact) mass is 197 g/mol. The highest BCUT2D eigenvalue weighted by molar-refractivity contribution is 5.67. The third-order valence-electron chi connectivity index (χ3n) is 2.38. The number of carbonyl (C=O) groups excluding carboxylic acids is 1. The lowest BCUT2D eigenvalue weighted by molar-refractivity contribution is 0.118. The highest BCUT2D eigenvalue weighted by Crippen LogP contribution is 2.13. The van der Waals surface area contributed by atoms with Gasteiger partial charge in [0.1, 0.15) is 0 Å². The number of rotatable bonds is 0. The molecule has 0 unspecified atom stereocenters. The van der Waals surface area contributed by atoms with Gasteiger partial charge in [-0.1, -0.05) is 0 Å². The standard InChI is InChI=1S/C8H11N3O3/c1-14-8(13)11-3-2-5-6(4-11)9-10-7(5)12/h2-4H2,1H3,(H2,9,10,12). The molecule has 0 fully saturated rings. The summed E-state index contributed by atoms with van der Waals surface area (Å²) in [6.07, 6.45) is 0.209. The Labute approximate surface area is 79.8 Å². The summed E-state index contributed by atoms with van der Waals surface area (Å²) in [6, 6.07) is 0. The fraction of sp³-hybridized carbons (Fsp3) is 0.500. The van der Waals surface area contributed by atoms with E-state index < -0.39 is 0 Å². The number of nitrogens with one attached hydrogen (secondary N) is 2. The normalized spacial score (nSPS) is 15.1. The van der Waals surface area contributed by atoms with Crippen molar-refractivity contribution < 1.29 is 9.53 Å². The zero-order valence-electron chi connectivity index (χ0n) is 7.79. The van der Waals surface area contributed by atoms with Crippen molar-refractivity contribution >= 4 is 6.09 Å². The van der Waals surface area contributed by atoms with Crippen LogP contribution in [0, 0.1) is 0 Å². The summed E-state index contributed by atoms with van der Waals surface area (Å²) < 4.78 is 4.60. The van der Waals surface area contributed by atoms with E-state index in [2.05, 4.69) is 14.9 Å². The van der Waals surface area contributed by atoms with Gasteiger partial charge in [-0.25, -0.2) is 4.79 Å². The van der Waals surface area contributed by atoms with E-state index in [1.165, 1.54) is 7.11 Å². The molecule has 0 bridgehead atoms. The Kier molecular flexibility index (Phi) is 2.03. The van der Waals surface area contributed by atoms with Crippen molar-refractivity contribution in [2.24, 2.45) is 0 Å². The second-order valence-corrected chi connectivity index (χ2v) is 3.18. The minimum Gasteiger partial charge on any atom is -0.453 e. The molecule has 1 aromatic heterocycles. The van der Waals surface area contributed by atoms with Crippen LogP contribution in [0.4, 0.5) is 4.79 Å². The largest absolute Gasteiger partial charge is 0.453 e. The van der Waals surface area contributed by atoms with Crippen molar-refractivity contribution in [3.05, 3.63) is 21.6 Å². The molecule has 0 aliphatic carbocycles. The van der Waals surface area contributed by atoms with Gasteiger partial charge in [0.05, 0.1) is 19.3 Å². The van der Waals surface area contributed by atoms with Gasteiger partial charge in [0, 0.05) is 12.1 Å². The van der Waals surface area contributed by atoms with Crippen LogP contribution < -0.4 is 5.56 Å². The summed E-state index contributed by atoms with van der Waals surface area (Å²) in [5, 5.41) is 5.25. The lowest BCUT2D eigenvalue weighted by Gasteiger charge is -2.24. The van der Waals surface area contributed by atoms with Crippen LogP contribution in [0.2, 0.25) is 0 Å². The number of ether oxygens (including phenoxy) is 1. The average Bonchev–Trinajstić information content (AvgIpc) is 2.59. The van der Waals surface area contributed by atoms with Gasteiger partial charge in [0.25, 0.3) is 5.56 Å². The third kappa shape index (κ3) is 1.28. The van der Waals surface area contributed by atoms with Gasteiger partial charge >= 0.3 is 6.09 Å². The molecule has 0 radical (unpaired) electrons. The molecule has 2 N–H and O–H groups in total. The molecular weight excluding hydrogens is 186 g/mol. The lowest BCUT2D eigenvalue weighted by atomic mass is 10.1. The van der Waals surface area contributed by atoms with E-state index in [1.807, 2.05) is 0 Å². The van der Waals surface area contributed by atoms with Gasteiger partial charge in [0.2, 0.25) is 0 Å². The predicted octanol–water partition coefficient (Wildman–Crippen LogP) is -0.173. The molecule has 6 nitrogen and oxygen atoms in total. The van der Waals surface area contributed by atoms with Crippen LogP contribution >= 0.6 is 0 Å². The number of carbonyl (C=O) groups is 1. The second-order valence-electron chi connectivity index (χ2n) is 3.18. The molecule has 2 heterocycles. The number of H-pyrrole nitrogens is 2. The number of fused-ring (bicyclic) bond motifs is 1. The molecular formula is C8H11N3O3. The molecule has 76 valence electrons. The Bertz CT molecular complexity index is 406. The first-order valence-electron chi connectivity index (χ1n) is 4.33. The van der Waals surface area contributed by atoms with Crippen LogP contribution in [0.3, 0.4) is 0 Å². The Morgan fingerprint density at radius 3 is 3.00 bits per heavy atom. The first-order valence-corrected chi connectivity index (χ1v) is 4.33. The van der Waals surface area contributed by atoms with E-state index in [4.69, 9.17) is 0 Å². The fourth-order valence-electron chi connectivity index (χ4n) is 1.62. The zero-order valence-corrected chi connectivity index (χ0v) is 7.79. The molecule has 2 rings (SSSR count). The van der Waals surface area contributed by atoms with E-state index >= 15 is 0 Å². The molecule has 0 atom stereocenters.